The molecule has 0 radical (unpaired) electrons. The number of nitrogens with one attached hydrogen (secondary N) is 2. The molecule has 0 bridgehead atoms. The summed E-state index contributed by atoms with van der Waals surface area (Å²) < 4.78 is 1.29. The molecular formula is C14H12Cl2N4O2S2. The molecule has 0 atom stereocenters. The average molecular weight is 403 g/mol. The molecule has 0 saturated heterocycles. The summed E-state index contributed by atoms with van der Waals surface area (Å²) in [6, 6.07) is 7.05. The fraction of sp³-hybridized carbons (Fsp3) is 0.143. The van der Waals surface area contributed by atoms with Gasteiger partial charge in [-0.1, -0.05) is 23.2 Å². The second kappa shape index (κ2) is 9.53. The summed E-state index contributed by atoms with van der Waals surface area (Å²) in [5, 5.41) is 7.58. The van der Waals surface area contributed by atoms with Gasteiger partial charge in [-0.05, 0) is 24.3 Å². The lowest BCUT2D eigenvalue weighted by Gasteiger charge is -1.99. The molecule has 2 rings (SSSR count). The van der Waals surface area contributed by atoms with Gasteiger partial charge in [-0.2, -0.15) is 10.2 Å². The Morgan fingerprint density at radius 2 is 1.29 bits per heavy atom. The van der Waals surface area contributed by atoms with E-state index in [0.29, 0.717) is 8.67 Å². The van der Waals surface area contributed by atoms with Crippen molar-refractivity contribution in [3.63, 3.8) is 0 Å². The Labute approximate surface area is 156 Å². The third-order valence-electron chi connectivity index (χ3n) is 2.53. The first-order valence-electron chi connectivity index (χ1n) is 6.67. The Bertz CT molecular complexity index is 706. The topological polar surface area (TPSA) is 82.9 Å². The number of carbonyl (C=O) groups excluding carboxylic acids is 2. The standard InChI is InChI=1S/C14H12Cl2N4O2S2/c15-11-3-1-9(23-11)7-17-19-13(21)5-6-14(22)20-18-8-10-2-4-12(16)24-10/h1-4,7-8H,5-6H2,(H,19,21)(H,20,22)/b17-7+,18-8+. The van der Waals surface area contributed by atoms with Gasteiger partial charge in [0.1, 0.15) is 0 Å². The summed E-state index contributed by atoms with van der Waals surface area (Å²) in [7, 11) is 0. The van der Waals surface area contributed by atoms with Gasteiger partial charge >= 0.3 is 0 Å². The Morgan fingerprint density at radius 1 is 0.875 bits per heavy atom. The SMILES string of the molecule is O=C(CCC(=O)N/N=C/c1ccc(Cl)s1)N/N=C/c1ccc(Cl)s1. The number of hydrogen-bond donors (Lipinski definition) is 2. The number of nitrogens with zero attached hydrogens (tertiary/aromatic N) is 2. The van der Waals surface area contributed by atoms with Gasteiger partial charge in [-0.25, -0.2) is 10.9 Å². The first-order chi connectivity index (χ1) is 11.5. The van der Waals surface area contributed by atoms with Crippen LogP contribution in [0, 0.1) is 0 Å². The lowest BCUT2D eigenvalue weighted by Crippen LogP contribution is -2.22. The molecule has 6 nitrogen and oxygen atoms in total. The molecule has 0 aromatic carbocycles. The fourth-order valence-electron chi connectivity index (χ4n) is 1.47. The van der Waals surface area contributed by atoms with E-state index in [-0.39, 0.29) is 24.7 Å². The minimum atomic E-state index is -0.363. The van der Waals surface area contributed by atoms with Crippen LogP contribution in [0.3, 0.4) is 0 Å². The lowest BCUT2D eigenvalue weighted by molar-refractivity contribution is -0.126. The minimum absolute atomic E-state index is 0.00865. The Balaban J connectivity index is 1.64. The van der Waals surface area contributed by atoms with Crippen molar-refractivity contribution in [3.8, 4) is 0 Å². The molecule has 0 spiro atoms. The van der Waals surface area contributed by atoms with E-state index in [4.69, 9.17) is 23.2 Å². The van der Waals surface area contributed by atoms with E-state index in [0.717, 1.165) is 9.75 Å². The molecule has 0 saturated carbocycles. The predicted molar refractivity (Wildman–Crippen MR) is 99.4 cm³/mol. The Morgan fingerprint density at radius 3 is 1.62 bits per heavy atom. The zero-order valence-electron chi connectivity index (χ0n) is 12.2. The molecule has 0 aliphatic carbocycles. The summed E-state index contributed by atoms with van der Waals surface area (Å²) >= 11 is 14.2. The maximum Gasteiger partial charge on any atom is 0.240 e. The van der Waals surface area contributed by atoms with E-state index < -0.39 is 0 Å². The third kappa shape index (κ3) is 6.79. The maximum absolute atomic E-state index is 11.6. The molecule has 2 N–H and O–H groups in total. The van der Waals surface area contributed by atoms with Crippen molar-refractivity contribution in [1.82, 2.24) is 10.9 Å². The smallest absolute Gasteiger partial charge is 0.240 e. The zero-order chi connectivity index (χ0) is 17.4. The molecule has 0 aliphatic heterocycles. The van der Waals surface area contributed by atoms with Gasteiger partial charge in [0.2, 0.25) is 11.8 Å². The molecule has 2 amide bonds. The highest BCUT2D eigenvalue weighted by Gasteiger charge is 2.05. The van der Waals surface area contributed by atoms with Crippen molar-refractivity contribution in [2.75, 3.05) is 0 Å². The average Bonchev–Trinajstić information content (AvgIpc) is 3.14. The predicted octanol–water partition coefficient (Wildman–Crippen LogP) is 3.50. The minimum Gasteiger partial charge on any atom is -0.273 e. The van der Waals surface area contributed by atoms with Gasteiger partial charge in [0, 0.05) is 22.6 Å². The van der Waals surface area contributed by atoms with Crippen molar-refractivity contribution < 1.29 is 9.59 Å². The Hall–Kier alpha value is -1.74. The molecule has 0 fully saturated rings. The van der Waals surface area contributed by atoms with E-state index in [1.165, 1.54) is 35.1 Å². The van der Waals surface area contributed by atoms with Gasteiger partial charge in [0.25, 0.3) is 0 Å². The number of hydrogen-bond acceptors (Lipinski definition) is 6. The van der Waals surface area contributed by atoms with Crippen LogP contribution in [0.5, 0.6) is 0 Å². The second-order valence-corrected chi connectivity index (χ2v) is 7.86. The van der Waals surface area contributed by atoms with E-state index in [1.54, 1.807) is 24.3 Å². The van der Waals surface area contributed by atoms with Crippen molar-refractivity contribution in [2.45, 2.75) is 12.8 Å². The number of hydrazone groups is 2. The monoisotopic (exact) mass is 402 g/mol. The van der Waals surface area contributed by atoms with Crippen molar-refractivity contribution in [3.05, 3.63) is 42.7 Å². The Kier molecular flexibility index (Phi) is 7.38. The van der Waals surface area contributed by atoms with Gasteiger partial charge in [0.05, 0.1) is 21.1 Å². The highest BCUT2D eigenvalue weighted by Crippen LogP contribution is 2.20. The van der Waals surface area contributed by atoms with Crippen LogP contribution in [0.2, 0.25) is 8.67 Å². The normalized spacial score (nSPS) is 11.2. The van der Waals surface area contributed by atoms with E-state index >= 15 is 0 Å². The molecule has 0 aliphatic rings. The summed E-state index contributed by atoms with van der Waals surface area (Å²) in [4.78, 5) is 24.8. The van der Waals surface area contributed by atoms with Gasteiger partial charge in [-0.15, -0.1) is 22.7 Å². The maximum atomic E-state index is 11.6. The van der Waals surface area contributed by atoms with Crippen LogP contribution in [0.25, 0.3) is 0 Å². The first-order valence-corrected chi connectivity index (χ1v) is 9.06. The lowest BCUT2D eigenvalue weighted by atomic mass is 10.3. The third-order valence-corrected chi connectivity index (χ3v) is 4.86. The second-order valence-electron chi connectivity index (χ2n) is 4.37. The molecule has 2 aromatic heterocycles. The van der Waals surface area contributed by atoms with Gasteiger partial charge in [-0.3, -0.25) is 9.59 Å². The van der Waals surface area contributed by atoms with Gasteiger partial charge < -0.3 is 0 Å². The van der Waals surface area contributed by atoms with E-state index in [2.05, 4.69) is 21.1 Å². The number of halogens is 2. The summed E-state index contributed by atoms with van der Waals surface area (Å²) in [5.41, 5.74) is 4.69. The van der Waals surface area contributed by atoms with Crippen LogP contribution in [0.1, 0.15) is 22.6 Å². The number of amides is 2. The summed E-state index contributed by atoms with van der Waals surface area (Å²) in [6.45, 7) is 0. The number of thiophene rings is 2. The molecule has 2 aromatic rings. The first kappa shape index (κ1) is 18.6. The highest BCUT2D eigenvalue weighted by atomic mass is 35.5. The van der Waals surface area contributed by atoms with Crippen molar-refractivity contribution in [2.24, 2.45) is 10.2 Å². The molecule has 2 heterocycles. The summed E-state index contributed by atoms with van der Waals surface area (Å²) in [5.74, 6) is -0.726. The molecule has 10 heteroatoms. The highest BCUT2D eigenvalue weighted by molar-refractivity contribution is 7.18. The van der Waals surface area contributed by atoms with Gasteiger partial charge in [0.15, 0.2) is 0 Å². The van der Waals surface area contributed by atoms with E-state index in [9.17, 15) is 9.59 Å². The van der Waals surface area contributed by atoms with Crippen LogP contribution >= 0.6 is 45.9 Å². The molecular weight excluding hydrogens is 391 g/mol. The van der Waals surface area contributed by atoms with E-state index in [1.807, 2.05) is 0 Å². The molecule has 126 valence electrons. The quantitative estimate of drug-likeness (QED) is 0.548. The summed E-state index contributed by atoms with van der Waals surface area (Å²) in [6.07, 6.45) is 3.00. The zero-order valence-corrected chi connectivity index (χ0v) is 15.3. The van der Waals surface area contributed by atoms with Crippen molar-refractivity contribution in [1.29, 1.82) is 0 Å². The van der Waals surface area contributed by atoms with Crippen molar-refractivity contribution >= 4 is 70.1 Å². The van der Waals surface area contributed by atoms with Crippen LogP contribution in [-0.2, 0) is 9.59 Å². The largest absolute Gasteiger partial charge is 0.273 e. The van der Waals surface area contributed by atoms with Crippen LogP contribution < -0.4 is 10.9 Å². The van der Waals surface area contributed by atoms with Crippen LogP contribution in [-0.4, -0.2) is 24.2 Å². The number of carbonyl (C=O) groups is 2. The number of rotatable bonds is 7. The molecule has 24 heavy (non-hydrogen) atoms. The van der Waals surface area contributed by atoms with Crippen LogP contribution in [0.15, 0.2) is 34.5 Å². The fourth-order valence-corrected chi connectivity index (χ4v) is 3.34. The van der Waals surface area contributed by atoms with Crippen LogP contribution in [0.4, 0.5) is 0 Å². The molecule has 0 unspecified atom stereocenters.